The van der Waals surface area contributed by atoms with E-state index in [1.807, 2.05) is 37.3 Å². The number of esters is 1. The molecule has 138 valence electrons. The van der Waals surface area contributed by atoms with Crippen molar-refractivity contribution in [1.82, 2.24) is 4.90 Å². The van der Waals surface area contributed by atoms with Gasteiger partial charge >= 0.3 is 5.97 Å². The Labute approximate surface area is 160 Å². The fourth-order valence-corrected chi connectivity index (χ4v) is 3.64. The Kier molecular flexibility index (Phi) is 5.21. The zero-order chi connectivity index (χ0) is 18.6. The summed E-state index contributed by atoms with van der Waals surface area (Å²) in [6.45, 7) is 5.61. The summed E-state index contributed by atoms with van der Waals surface area (Å²) in [6, 6.07) is 19.8. The Morgan fingerprint density at radius 3 is 2.41 bits per heavy atom. The summed E-state index contributed by atoms with van der Waals surface area (Å²) in [4.78, 5) is 14.8. The van der Waals surface area contributed by atoms with Gasteiger partial charge in [-0.3, -0.25) is 0 Å². The van der Waals surface area contributed by atoms with Crippen molar-refractivity contribution in [2.75, 3.05) is 19.6 Å². The normalized spacial score (nSPS) is 14.6. The van der Waals surface area contributed by atoms with Crippen LogP contribution in [0.2, 0.25) is 0 Å². The van der Waals surface area contributed by atoms with Crippen LogP contribution in [0.3, 0.4) is 0 Å². The van der Waals surface area contributed by atoms with E-state index in [-0.39, 0.29) is 5.97 Å². The fourth-order valence-electron chi connectivity index (χ4n) is 3.64. The van der Waals surface area contributed by atoms with E-state index < -0.39 is 0 Å². The number of hydrogen-bond acceptors (Lipinski definition) is 3. The molecule has 0 aliphatic carbocycles. The molecule has 0 aromatic heterocycles. The van der Waals surface area contributed by atoms with E-state index in [4.69, 9.17) is 4.74 Å². The maximum atomic E-state index is 12.3. The molecule has 0 saturated carbocycles. The smallest absolute Gasteiger partial charge is 0.343 e. The van der Waals surface area contributed by atoms with E-state index in [1.165, 1.54) is 36.9 Å². The van der Waals surface area contributed by atoms with Gasteiger partial charge in [0.15, 0.2) is 0 Å². The molecule has 3 aromatic rings. The van der Waals surface area contributed by atoms with Gasteiger partial charge in [-0.25, -0.2) is 4.79 Å². The van der Waals surface area contributed by atoms with Crippen molar-refractivity contribution in [2.24, 2.45) is 0 Å². The van der Waals surface area contributed by atoms with Gasteiger partial charge in [-0.05, 0) is 79.9 Å². The van der Waals surface area contributed by atoms with Crippen molar-refractivity contribution >= 4 is 16.7 Å². The lowest BCUT2D eigenvalue weighted by Crippen LogP contribution is -2.21. The summed E-state index contributed by atoms with van der Waals surface area (Å²) in [7, 11) is 0. The number of ether oxygens (including phenoxy) is 1. The number of rotatable bonds is 5. The van der Waals surface area contributed by atoms with Crippen LogP contribution in [0.4, 0.5) is 0 Å². The maximum absolute atomic E-state index is 12.3. The Morgan fingerprint density at radius 1 is 0.926 bits per heavy atom. The second-order valence-electron chi connectivity index (χ2n) is 7.40. The monoisotopic (exact) mass is 359 g/mol. The molecule has 1 aliphatic rings. The minimum atomic E-state index is -0.323. The second kappa shape index (κ2) is 7.93. The Morgan fingerprint density at radius 2 is 1.63 bits per heavy atom. The van der Waals surface area contributed by atoms with E-state index in [9.17, 15) is 4.79 Å². The first-order valence-corrected chi connectivity index (χ1v) is 9.71. The van der Waals surface area contributed by atoms with Crippen LogP contribution in [0.1, 0.15) is 34.3 Å². The maximum Gasteiger partial charge on any atom is 0.343 e. The molecule has 0 spiro atoms. The zero-order valence-corrected chi connectivity index (χ0v) is 15.8. The summed E-state index contributed by atoms with van der Waals surface area (Å²) >= 11 is 0. The Bertz CT molecular complexity index is 940. The van der Waals surface area contributed by atoms with Crippen LogP contribution in [0.5, 0.6) is 5.75 Å². The fraction of sp³-hybridized carbons (Fsp3) is 0.292. The number of benzene rings is 3. The molecule has 1 fully saturated rings. The molecule has 0 unspecified atom stereocenters. The van der Waals surface area contributed by atoms with E-state index in [1.54, 1.807) is 12.1 Å². The van der Waals surface area contributed by atoms with Gasteiger partial charge in [0.05, 0.1) is 5.56 Å². The number of hydrogen-bond donors (Lipinski definition) is 0. The lowest BCUT2D eigenvalue weighted by atomic mass is 10.0. The molecule has 3 heteroatoms. The van der Waals surface area contributed by atoms with E-state index in [0.717, 1.165) is 23.9 Å². The first-order valence-electron chi connectivity index (χ1n) is 9.71. The van der Waals surface area contributed by atoms with Gasteiger partial charge in [0.1, 0.15) is 5.75 Å². The molecule has 4 rings (SSSR count). The van der Waals surface area contributed by atoms with Crippen LogP contribution in [-0.4, -0.2) is 30.5 Å². The van der Waals surface area contributed by atoms with Gasteiger partial charge in [0.25, 0.3) is 0 Å². The second-order valence-corrected chi connectivity index (χ2v) is 7.40. The summed E-state index contributed by atoms with van der Waals surface area (Å²) in [5, 5.41) is 2.28. The number of likely N-dealkylation sites (tertiary alicyclic amines) is 1. The molecule has 1 saturated heterocycles. The first kappa shape index (κ1) is 17.7. The van der Waals surface area contributed by atoms with E-state index >= 15 is 0 Å². The minimum Gasteiger partial charge on any atom is -0.423 e. The van der Waals surface area contributed by atoms with Crippen LogP contribution in [0.15, 0.2) is 60.7 Å². The predicted octanol–water partition coefficient (Wildman–Crippen LogP) is 5.01. The highest BCUT2D eigenvalue weighted by atomic mass is 16.5. The number of aryl methyl sites for hydroxylation is 1. The van der Waals surface area contributed by atoms with Gasteiger partial charge < -0.3 is 9.64 Å². The SMILES string of the molecule is Cc1ccc(C(=O)Oc2ccc3cc(CCN4CCCC4)ccc3c2)cc1. The largest absolute Gasteiger partial charge is 0.423 e. The van der Waals surface area contributed by atoms with Crippen molar-refractivity contribution in [2.45, 2.75) is 26.2 Å². The Balaban J connectivity index is 1.44. The van der Waals surface area contributed by atoms with Crippen LogP contribution in [-0.2, 0) is 6.42 Å². The lowest BCUT2D eigenvalue weighted by Gasteiger charge is -2.14. The lowest BCUT2D eigenvalue weighted by molar-refractivity contribution is 0.0735. The van der Waals surface area contributed by atoms with Gasteiger partial charge in [0, 0.05) is 6.54 Å². The molecule has 0 radical (unpaired) electrons. The standard InChI is InChI=1S/C24H25NO2/c1-18-4-7-20(8-5-18)24(26)27-23-11-10-21-16-19(6-9-22(21)17-23)12-15-25-13-2-3-14-25/h4-11,16-17H,2-3,12-15H2,1H3. The molecule has 0 bridgehead atoms. The third kappa shape index (κ3) is 4.37. The highest BCUT2D eigenvalue weighted by molar-refractivity contribution is 5.92. The minimum absolute atomic E-state index is 0.323. The van der Waals surface area contributed by atoms with Gasteiger partial charge in [-0.1, -0.05) is 42.0 Å². The van der Waals surface area contributed by atoms with Crippen LogP contribution in [0, 0.1) is 6.92 Å². The molecular weight excluding hydrogens is 334 g/mol. The highest BCUT2D eigenvalue weighted by Crippen LogP contribution is 2.23. The first-order chi connectivity index (χ1) is 13.2. The molecule has 3 nitrogen and oxygen atoms in total. The topological polar surface area (TPSA) is 29.5 Å². The summed E-state index contributed by atoms with van der Waals surface area (Å²) in [5.74, 6) is 0.259. The molecule has 1 aliphatic heterocycles. The van der Waals surface area contributed by atoms with Crippen LogP contribution in [0.25, 0.3) is 10.8 Å². The van der Waals surface area contributed by atoms with E-state index in [2.05, 4.69) is 23.1 Å². The number of carbonyl (C=O) groups excluding carboxylic acids is 1. The third-order valence-electron chi connectivity index (χ3n) is 5.29. The molecule has 27 heavy (non-hydrogen) atoms. The molecule has 0 atom stereocenters. The molecule has 0 amide bonds. The summed E-state index contributed by atoms with van der Waals surface area (Å²) in [5.41, 5.74) is 3.05. The number of nitrogens with zero attached hydrogens (tertiary/aromatic N) is 1. The van der Waals surface area contributed by atoms with Crippen molar-refractivity contribution in [3.63, 3.8) is 0 Å². The quantitative estimate of drug-likeness (QED) is 0.474. The average molecular weight is 359 g/mol. The van der Waals surface area contributed by atoms with Crippen molar-refractivity contribution in [3.8, 4) is 5.75 Å². The molecule has 0 N–H and O–H groups in total. The third-order valence-corrected chi connectivity index (χ3v) is 5.29. The van der Waals surface area contributed by atoms with Crippen LogP contribution < -0.4 is 4.74 Å². The Hall–Kier alpha value is -2.65. The van der Waals surface area contributed by atoms with Gasteiger partial charge in [-0.2, -0.15) is 0 Å². The summed E-state index contributed by atoms with van der Waals surface area (Å²) < 4.78 is 5.55. The molecular formula is C24H25NO2. The molecule has 1 heterocycles. The van der Waals surface area contributed by atoms with Crippen molar-refractivity contribution < 1.29 is 9.53 Å². The molecule has 3 aromatic carbocycles. The van der Waals surface area contributed by atoms with Crippen molar-refractivity contribution in [1.29, 1.82) is 0 Å². The van der Waals surface area contributed by atoms with Crippen LogP contribution >= 0.6 is 0 Å². The van der Waals surface area contributed by atoms with Gasteiger partial charge in [-0.15, -0.1) is 0 Å². The van der Waals surface area contributed by atoms with Crippen molar-refractivity contribution in [3.05, 3.63) is 77.4 Å². The predicted molar refractivity (Wildman–Crippen MR) is 109 cm³/mol. The van der Waals surface area contributed by atoms with E-state index in [0.29, 0.717) is 11.3 Å². The number of carbonyl (C=O) groups is 1. The summed E-state index contributed by atoms with van der Waals surface area (Å²) in [6.07, 6.45) is 3.75. The number of fused-ring (bicyclic) bond motifs is 1. The zero-order valence-electron chi connectivity index (χ0n) is 15.8. The average Bonchev–Trinajstić information content (AvgIpc) is 3.20. The van der Waals surface area contributed by atoms with Gasteiger partial charge in [0.2, 0.25) is 0 Å². The highest BCUT2D eigenvalue weighted by Gasteiger charge is 2.11.